The monoisotopic (exact) mass is 538 g/mol. The molecule has 1 saturated heterocycles. The Labute approximate surface area is 225 Å². The number of allylic oxidation sites excluding steroid dienone is 1. The molecule has 2 amide bonds. The highest BCUT2D eigenvalue weighted by atomic mass is 35.5. The van der Waals surface area contributed by atoms with Gasteiger partial charge in [-0.1, -0.05) is 35.5 Å². The number of morpholine rings is 1. The SMILES string of the molecule is COc1ccc(NC(=O)C2=C(C)N=C3SC=C(CC(=O)N4CCOCC4)N3[C@@H]2c2cccc(Cl)c2)cc1. The van der Waals surface area contributed by atoms with Crippen molar-refractivity contribution >= 4 is 46.0 Å². The molecule has 2 aromatic carbocycles. The molecule has 0 aliphatic carbocycles. The van der Waals surface area contributed by atoms with Gasteiger partial charge in [0.05, 0.1) is 44.1 Å². The highest BCUT2D eigenvalue weighted by Gasteiger charge is 2.41. The van der Waals surface area contributed by atoms with Gasteiger partial charge in [-0.2, -0.15) is 0 Å². The van der Waals surface area contributed by atoms with E-state index in [0.717, 1.165) is 16.4 Å². The third kappa shape index (κ3) is 5.39. The van der Waals surface area contributed by atoms with Gasteiger partial charge in [-0.25, -0.2) is 4.99 Å². The van der Waals surface area contributed by atoms with Gasteiger partial charge in [0.2, 0.25) is 5.91 Å². The average molecular weight is 539 g/mol. The van der Waals surface area contributed by atoms with E-state index in [1.54, 1.807) is 37.4 Å². The number of benzene rings is 2. The lowest BCUT2D eigenvalue weighted by Gasteiger charge is -2.37. The van der Waals surface area contributed by atoms with Gasteiger partial charge in [0.15, 0.2) is 5.17 Å². The second-order valence-electron chi connectivity index (χ2n) is 8.80. The number of ether oxygens (including phenoxy) is 2. The summed E-state index contributed by atoms with van der Waals surface area (Å²) in [5, 5.41) is 6.24. The molecular weight excluding hydrogens is 512 g/mol. The van der Waals surface area contributed by atoms with Gasteiger partial charge in [0.1, 0.15) is 5.75 Å². The van der Waals surface area contributed by atoms with Gasteiger partial charge in [0, 0.05) is 29.5 Å². The fourth-order valence-electron chi connectivity index (χ4n) is 4.60. The molecule has 0 radical (unpaired) electrons. The van der Waals surface area contributed by atoms with Crippen LogP contribution in [0.5, 0.6) is 5.75 Å². The molecule has 3 aliphatic heterocycles. The quantitative estimate of drug-likeness (QED) is 0.568. The lowest BCUT2D eigenvalue weighted by atomic mass is 9.93. The zero-order valence-electron chi connectivity index (χ0n) is 20.6. The van der Waals surface area contributed by atoms with Crippen molar-refractivity contribution in [3.05, 3.63) is 81.5 Å². The van der Waals surface area contributed by atoms with Crippen molar-refractivity contribution in [3.8, 4) is 5.75 Å². The standard InChI is InChI=1S/C27H27ClN4O4S/c1-17-24(26(34)30-20-6-8-22(35-2)9-7-20)25(18-4-3-5-19(28)14-18)32-21(16-37-27(32)29-17)15-23(33)31-10-12-36-13-11-31/h3-9,14,16,25H,10-13,15H2,1-2H3,(H,30,34)/t25-/m1/s1. The maximum Gasteiger partial charge on any atom is 0.255 e. The summed E-state index contributed by atoms with van der Waals surface area (Å²) in [5.74, 6) is 0.453. The number of carbonyl (C=O) groups is 2. The third-order valence-corrected chi connectivity index (χ3v) is 7.58. The molecule has 37 heavy (non-hydrogen) atoms. The number of hydrogen-bond acceptors (Lipinski definition) is 7. The molecule has 1 atom stereocenters. The zero-order chi connectivity index (χ0) is 25.9. The molecule has 0 saturated carbocycles. The number of hydrogen-bond donors (Lipinski definition) is 1. The Morgan fingerprint density at radius 2 is 1.95 bits per heavy atom. The van der Waals surface area contributed by atoms with E-state index in [1.807, 2.05) is 40.3 Å². The highest BCUT2D eigenvalue weighted by Crippen LogP contribution is 2.45. The molecular formula is C27H27ClN4O4S. The molecule has 2 aromatic rings. The maximum atomic E-state index is 13.7. The summed E-state index contributed by atoms with van der Waals surface area (Å²) < 4.78 is 10.6. The minimum absolute atomic E-state index is 0.0248. The van der Waals surface area contributed by atoms with Crippen LogP contribution in [0.4, 0.5) is 5.69 Å². The minimum atomic E-state index is -0.497. The molecule has 0 bridgehead atoms. The highest BCUT2D eigenvalue weighted by molar-refractivity contribution is 8.16. The lowest BCUT2D eigenvalue weighted by molar-refractivity contribution is -0.134. The summed E-state index contributed by atoms with van der Waals surface area (Å²) >= 11 is 7.84. The van der Waals surface area contributed by atoms with Gasteiger partial charge in [-0.05, 0) is 54.3 Å². The van der Waals surface area contributed by atoms with Gasteiger partial charge < -0.3 is 24.6 Å². The van der Waals surface area contributed by atoms with E-state index >= 15 is 0 Å². The molecule has 3 aliphatic rings. The number of methoxy groups -OCH3 is 1. The van der Waals surface area contributed by atoms with Crippen LogP contribution >= 0.6 is 23.4 Å². The molecule has 0 spiro atoms. The van der Waals surface area contributed by atoms with Crippen LogP contribution in [0.1, 0.15) is 24.9 Å². The van der Waals surface area contributed by atoms with Gasteiger partial charge in [-0.15, -0.1) is 0 Å². The molecule has 1 fully saturated rings. The van der Waals surface area contributed by atoms with Crippen LogP contribution in [0, 0.1) is 0 Å². The summed E-state index contributed by atoms with van der Waals surface area (Å²) in [6.45, 7) is 4.07. The Morgan fingerprint density at radius 1 is 1.19 bits per heavy atom. The predicted octanol–water partition coefficient (Wildman–Crippen LogP) is 4.81. The number of nitrogens with zero attached hydrogens (tertiary/aromatic N) is 3. The van der Waals surface area contributed by atoms with E-state index in [2.05, 4.69) is 5.32 Å². The van der Waals surface area contributed by atoms with E-state index in [1.165, 1.54) is 11.8 Å². The van der Waals surface area contributed by atoms with Crippen molar-refractivity contribution in [2.24, 2.45) is 4.99 Å². The second kappa shape index (κ2) is 11.0. The molecule has 10 heteroatoms. The molecule has 192 valence electrons. The number of amides is 2. The van der Waals surface area contributed by atoms with Crippen LogP contribution in [0.2, 0.25) is 5.02 Å². The van der Waals surface area contributed by atoms with Crippen LogP contribution in [0.3, 0.4) is 0 Å². The smallest absolute Gasteiger partial charge is 0.255 e. The van der Waals surface area contributed by atoms with E-state index in [0.29, 0.717) is 54.0 Å². The van der Waals surface area contributed by atoms with Crippen LogP contribution in [-0.2, 0) is 14.3 Å². The molecule has 0 unspecified atom stereocenters. The van der Waals surface area contributed by atoms with Gasteiger partial charge in [-0.3, -0.25) is 9.59 Å². The number of carbonyl (C=O) groups excluding carboxylic acids is 2. The first-order valence-electron chi connectivity index (χ1n) is 12.0. The van der Waals surface area contributed by atoms with E-state index < -0.39 is 6.04 Å². The molecule has 8 nitrogen and oxygen atoms in total. The van der Waals surface area contributed by atoms with Crippen LogP contribution in [-0.4, -0.2) is 60.2 Å². The minimum Gasteiger partial charge on any atom is -0.497 e. The number of halogens is 1. The number of aliphatic imine (C=N–C) groups is 1. The maximum absolute atomic E-state index is 13.7. The average Bonchev–Trinajstić information content (AvgIpc) is 3.30. The van der Waals surface area contributed by atoms with Crippen molar-refractivity contribution in [2.75, 3.05) is 38.7 Å². The van der Waals surface area contributed by atoms with Crippen LogP contribution in [0.15, 0.2) is 75.9 Å². The number of amidine groups is 1. The Hall–Kier alpha value is -3.27. The summed E-state index contributed by atoms with van der Waals surface area (Å²) in [6, 6.07) is 14.1. The Kier molecular flexibility index (Phi) is 7.55. The van der Waals surface area contributed by atoms with Crippen molar-refractivity contribution in [1.82, 2.24) is 9.80 Å². The first-order valence-corrected chi connectivity index (χ1v) is 13.2. The number of anilines is 1. The Bertz CT molecular complexity index is 1300. The zero-order valence-corrected chi connectivity index (χ0v) is 22.1. The first-order chi connectivity index (χ1) is 17.9. The normalized spacial score (nSPS) is 19.3. The Morgan fingerprint density at radius 3 is 2.65 bits per heavy atom. The van der Waals surface area contributed by atoms with E-state index in [4.69, 9.17) is 26.1 Å². The topological polar surface area (TPSA) is 83.5 Å². The Balaban J connectivity index is 1.48. The molecule has 5 rings (SSSR count). The first kappa shape index (κ1) is 25.4. The number of fused-ring (bicyclic) bond motifs is 1. The van der Waals surface area contributed by atoms with E-state index in [9.17, 15) is 9.59 Å². The largest absolute Gasteiger partial charge is 0.497 e. The van der Waals surface area contributed by atoms with Crippen LogP contribution < -0.4 is 10.1 Å². The van der Waals surface area contributed by atoms with Crippen molar-refractivity contribution < 1.29 is 19.1 Å². The number of rotatable bonds is 6. The van der Waals surface area contributed by atoms with Crippen molar-refractivity contribution in [3.63, 3.8) is 0 Å². The third-order valence-electron chi connectivity index (χ3n) is 6.45. The molecule has 0 aromatic heterocycles. The van der Waals surface area contributed by atoms with Gasteiger partial charge in [0.25, 0.3) is 5.91 Å². The predicted molar refractivity (Wildman–Crippen MR) is 145 cm³/mol. The lowest BCUT2D eigenvalue weighted by Crippen LogP contribution is -2.42. The van der Waals surface area contributed by atoms with Crippen LogP contribution in [0.25, 0.3) is 0 Å². The van der Waals surface area contributed by atoms with Crippen molar-refractivity contribution in [1.29, 1.82) is 0 Å². The van der Waals surface area contributed by atoms with E-state index in [-0.39, 0.29) is 18.2 Å². The number of nitrogens with one attached hydrogen (secondary N) is 1. The fraction of sp³-hybridized carbons (Fsp3) is 0.296. The molecule has 3 heterocycles. The summed E-state index contributed by atoms with van der Waals surface area (Å²) in [4.78, 5) is 35.4. The van der Waals surface area contributed by atoms with Crippen molar-refractivity contribution in [2.45, 2.75) is 19.4 Å². The summed E-state index contributed by atoms with van der Waals surface area (Å²) in [6.07, 6.45) is 0.204. The summed E-state index contributed by atoms with van der Waals surface area (Å²) in [5.41, 5.74) is 3.39. The number of thioether (sulfide) groups is 1. The molecule has 1 N–H and O–H groups in total. The fourth-order valence-corrected chi connectivity index (χ4v) is 5.77. The summed E-state index contributed by atoms with van der Waals surface area (Å²) in [7, 11) is 1.60. The van der Waals surface area contributed by atoms with Gasteiger partial charge >= 0.3 is 0 Å². The second-order valence-corrected chi connectivity index (χ2v) is 10.1.